The van der Waals surface area contributed by atoms with Gasteiger partial charge < -0.3 is 5.32 Å². The highest BCUT2D eigenvalue weighted by Crippen LogP contribution is 2.31. The lowest BCUT2D eigenvalue weighted by atomic mass is 10.2. The lowest BCUT2D eigenvalue weighted by molar-refractivity contribution is 0.104. The molecule has 7 heteroatoms. The van der Waals surface area contributed by atoms with E-state index < -0.39 is 11.6 Å². The van der Waals surface area contributed by atoms with Gasteiger partial charge in [0.15, 0.2) is 5.78 Å². The van der Waals surface area contributed by atoms with E-state index in [1.807, 2.05) is 0 Å². The topological polar surface area (TPSA) is 29.1 Å². The van der Waals surface area contributed by atoms with Gasteiger partial charge in [-0.25, -0.2) is 8.78 Å². The summed E-state index contributed by atoms with van der Waals surface area (Å²) in [5, 5.41) is 2.55. The Kier molecular flexibility index (Phi) is 4.75. The molecule has 0 saturated heterocycles. The zero-order chi connectivity index (χ0) is 14.7. The molecule has 104 valence electrons. The van der Waals surface area contributed by atoms with Crippen molar-refractivity contribution in [2.45, 2.75) is 0 Å². The monoisotopic (exact) mass is 333 g/mol. The molecule has 2 rings (SSSR count). The summed E-state index contributed by atoms with van der Waals surface area (Å²) < 4.78 is 26.7. The van der Waals surface area contributed by atoms with Crippen LogP contribution in [0, 0.1) is 11.6 Å². The summed E-state index contributed by atoms with van der Waals surface area (Å²) in [5.41, 5.74) is 0.337. The van der Waals surface area contributed by atoms with Crippen LogP contribution < -0.4 is 5.32 Å². The number of rotatable bonds is 4. The number of anilines is 1. The Balaban J connectivity index is 2.06. The van der Waals surface area contributed by atoms with Gasteiger partial charge in [0, 0.05) is 18.3 Å². The lowest BCUT2D eigenvalue weighted by Crippen LogP contribution is -1.96. The molecule has 2 nitrogen and oxygen atoms in total. The molecule has 0 aliphatic rings. The molecule has 0 fully saturated rings. The summed E-state index contributed by atoms with van der Waals surface area (Å²) >= 11 is 12.7. The standard InChI is InChI=1S/C13H7Cl2F2NOS/c14-12-6-8(13(15)20-12)11(19)3-4-18-10-2-1-7(16)5-9(10)17/h1-6,18H/b4-3+. The van der Waals surface area contributed by atoms with Crippen molar-refractivity contribution < 1.29 is 13.6 Å². The second kappa shape index (κ2) is 6.35. The normalized spacial score (nSPS) is 11.0. The minimum Gasteiger partial charge on any atom is -0.359 e. The van der Waals surface area contributed by atoms with Gasteiger partial charge in [-0.2, -0.15) is 0 Å². The quantitative estimate of drug-likeness (QED) is 0.619. The third-order valence-electron chi connectivity index (χ3n) is 2.33. The number of ketones is 1. The number of carbonyl (C=O) groups is 1. The first-order chi connectivity index (χ1) is 9.47. The Bertz CT molecular complexity index is 685. The molecule has 0 atom stereocenters. The summed E-state index contributed by atoms with van der Waals surface area (Å²) in [7, 11) is 0. The number of nitrogens with one attached hydrogen (secondary N) is 1. The van der Waals surface area contributed by atoms with Crippen molar-refractivity contribution in [2.75, 3.05) is 5.32 Å². The van der Waals surface area contributed by atoms with E-state index in [2.05, 4.69) is 5.32 Å². The highest BCUT2D eigenvalue weighted by molar-refractivity contribution is 7.20. The average Bonchev–Trinajstić information content (AvgIpc) is 2.71. The molecule has 0 amide bonds. The molecule has 0 radical (unpaired) electrons. The van der Waals surface area contributed by atoms with E-state index in [0.717, 1.165) is 23.5 Å². The Morgan fingerprint density at radius 1 is 1.25 bits per heavy atom. The predicted octanol–water partition coefficient (Wildman–Crippen LogP) is 5.14. The van der Waals surface area contributed by atoms with Gasteiger partial charge in [-0.1, -0.05) is 23.2 Å². The molecule has 1 aromatic heterocycles. The van der Waals surface area contributed by atoms with Gasteiger partial charge in [-0.3, -0.25) is 4.79 Å². The number of hydrogen-bond donors (Lipinski definition) is 1. The van der Waals surface area contributed by atoms with E-state index >= 15 is 0 Å². The molecule has 0 saturated carbocycles. The van der Waals surface area contributed by atoms with Crippen LogP contribution in [0.25, 0.3) is 0 Å². The molecular weight excluding hydrogens is 327 g/mol. The Labute approximate surface area is 127 Å². The van der Waals surface area contributed by atoms with Gasteiger partial charge >= 0.3 is 0 Å². The first-order valence-electron chi connectivity index (χ1n) is 5.34. The molecule has 0 spiro atoms. The van der Waals surface area contributed by atoms with E-state index in [9.17, 15) is 13.6 Å². The Hall–Kier alpha value is -1.43. The van der Waals surface area contributed by atoms with Crippen LogP contribution >= 0.6 is 34.5 Å². The van der Waals surface area contributed by atoms with Crippen LogP contribution in [0.2, 0.25) is 8.67 Å². The maximum Gasteiger partial charge on any atom is 0.189 e. The van der Waals surface area contributed by atoms with Gasteiger partial charge in [-0.15, -0.1) is 11.3 Å². The van der Waals surface area contributed by atoms with Gasteiger partial charge in [-0.05, 0) is 18.2 Å². The molecule has 20 heavy (non-hydrogen) atoms. The summed E-state index contributed by atoms with van der Waals surface area (Å²) in [6.07, 6.45) is 2.44. The van der Waals surface area contributed by atoms with Crippen molar-refractivity contribution in [2.24, 2.45) is 0 Å². The molecule has 0 aliphatic heterocycles. The van der Waals surface area contributed by atoms with Crippen LogP contribution in [0.1, 0.15) is 10.4 Å². The molecular formula is C13H7Cl2F2NOS. The summed E-state index contributed by atoms with van der Waals surface area (Å²) in [5.74, 6) is -1.79. The number of thiophene rings is 1. The summed E-state index contributed by atoms with van der Waals surface area (Å²) in [4.78, 5) is 11.8. The van der Waals surface area contributed by atoms with E-state index in [0.29, 0.717) is 4.34 Å². The summed E-state index contributed by atoms with van der Waals surface area (Å²) in [6, 6.07) is 4.54. The predicted molar refractivity (Wildman–Crippen MR) is 77.8 cm³/mol. The van der Waals surface area contributed by atoms with Gasteiger partial charge in [0.1, 0.15) is 16.0 Å². The van der Waals surface area contributed by atoms with E-state index in [1.54, 1.807) is 0 Å². The van der Waals surface area contributed by atoms with Crippen molar-refractivity contribution in [1.82, 2.24) is 0 Å². The van der Waals surface area contributed by atoms with Crippen LogP contribution in [0.3, 0.4) is 0 Å². The fourth-order valence-corrected chi connectivity index (χ4v) is 2.89. The van der Waals surface area contributed by atoms with E-state index in [1.165, 1.54) is 24.4 Å². The molecule has 0 bridgehead atoms. The van der Waals surface area contributed by atoms with Crippen LogP contribution in [-0.4, -0.2) is 5.78 Å². The third-order valence-corrected chi connectivity index (χ3v) is 3.81. The van der Waals surface area contributed by atoms with Gasteiger partial charge in [0.2, 0.25) is 0 Å². The second-order valence-corrected chi connectivity index (χ2v) is 5.99. The highest BCUT2D eigenvalue weighted by atomic mass is 35.5. The summed E-state index contributed by atoms with van der Waals surface area (Å²) in [6.45, 7) is 0. The molecule has 2 aromatic rings. The number of benzene rings is 1. The maximum absolute atomic E-state index is 13.3. The van der Waals surface area contributed by atoms with Crippen LogP contribution in [0.4, 0.5) is 14.5 Å². The second-order valence-electron chi connectivity index (χ2n) is 3.70. The van der Waals surface area contributed by atoms with Crippen molar-refractivity contribution in [1.29, 1.82) is 0 Å². The molecule has 0 aliphatic carbocycles. The largest absolute Gasteiger partial charge is 0.359 e. The molecule has 1 heterocycles. The highest BCUT2D eigenvalue weighted by Gasteiger charge is 2.11. The van der Waals surface area contributed by atoms with Crippen LogP contribution in [0.5, 0.6) is 0 Å². The maximum atomic E-state index is 13.3. The Morgan fingerprint density at radius 3 is 2.60 bits per heavy atom. The van der Waals surface area contributed by atoms with Crippen molar-refractivity contribution in [3.05, 3.63) is 62.4 Å². The van der Waals surface area contributed by atoms with Gasteiger partial charge in [0.25, 0.3) is 0 Å². The van der Waals surface area contributed by atoms with Crippen LogP contribution in [-0.2, 0) is 0 Å². The molecule has 1 aromatic carbocycles. The third kappa shape index (κ3) is 3.56. The fraction of sp³-hybridized carbons (Fsp3) is 0. The number of halogens is 4. The first-order valence-corrected chi connectivity index (χ1v) is 6.92. The SMILES string of the molecule is O=C(/C=C/Nc1ccc(F)cc1F)c1cc(Cl)sc1Cl. The first kappa shape index (κ1) is 15.0. The zero-order valence-corrected chi connectivity index (χ0v) is 12.1. The minimum absolute atomic E-state index is 0.0601. The van der Waals surface area contributed by atoms with E-state index in [-0.39, 0.29) is 21.4 Å². The van der Waals surface area contributed by atoms with Crippen LogP contribution in [0.15, 0.2) is 36.5 Å². The van der Waals surface area contributed by atoms with E-state index in [4.69, 9.17) is 23.2 Å². The lowest BCUT2D eigenvalue weighted by Gasteiger charge is -2.01. The smallest absolute Gasteiger partial charge is 0.189 e. The fourth-order valence-electron chi connectivity index (χ4n) is 1.41. The van der Waals surface area contributed by atoms with Crippen molar-refractivity contribution in [3.8, 4) is 0 Å². The van der Waals surface area contributed by atoms with Gasteiger partial charge in [0.05, 0.1) is 15.6 Å². The minimum atomic E-state index is -0.751. The zero-order valence-electron chi connectivity index (χ0n) is 9.79. The van der Waals surface area contributed by atoms with Crippen molar-refractivity contribution >= 4 is 46.0 Å². The molecule has 1 N–H and O–H groups in total. The average molecular weight is 334 g/mol. The molecule has 0 unspecified atom stereocenters. The number of hydrogen-bond acceptors (Lipinski definition) is 3. The number of allylic oxidation sites excluding steroid dienone is 1. The Morgan fingerprint density at radius 2 is 2.00 bits per heavy atom. The number of carbonyl (C=O) groups excluding carboxylic acids is 1. The van der Waals surface area contributed by atoms with Crippen molar-refractivity contribution in [3.63, 3.8) is 0 Å².